The van der Waals surface area contributed by atoms with E-state index in [-0.39, 0.29) is 12.2 Å². The van der Waals surface area contributed by atoms with Gasteiger partial charge in [0.1, 0.15) is 30.5 Å². The van der Waals surface area contributed by atoms with E-state index in [1.165, 1.54) is 24.3 Å². The lowest BCUT2D eigenvalue weighted by molar-refractivity contribution is -0.394. The Morgan fingerprint density at radius 1 is 0.732 bits per heavy atom. The van der Waals surface area contributed by atoms with Gasteiger partial charge >= 0.3 is 17.9 Å². The number of non-ortho nitro benzene ring substituents is 4. The molecule has 4 heterocycles. The largest absolute Gasteiger partial charge is 0.455 e. The molecule has 4 aliphatic rings. The highest BCUT2D eigenvalue weighted by Crippen LogP contribution is 2.42. The molecule has 4 saturated heterocycles. The Labute approximate surface area is 397 Å². The van der Waals surface area contributed by atoms with E-state index in [1.54, 1.807) is 50.2 Å². The molecular formula is C43H38N8O20. The lowest BCUT2D eigenvalue weighted by atomic mass is 9.93. The topological polar surface area (TPSA) is 368 Å². The number of ether oxygens (including phenoxy) is 9. The molecule has 0 amide bonds. The molecule has 0 bridgehead atoms. The molecule has 11 atom stereocenters. The molecular weight excluding hydrogens is 949 g/mol. The first-order valence-corrected chi connectivity index (χ1v) is 21.2. The molecule has 4 aliphatic heterocycles. The van der Waals surface area contributed by atoms with Crippen molar-refractivity contribution in [3.8, 4) is 0 Å². The van der Waals surface area contributed by atoms with Gasteiger partial charge in [0.05, 0.1) is 67.2 Å². The zero-order valence-corrected chi connectivity index (χ0v) is 36.8. The minimum atomic E-state index is -1.90. The third-order valence-electron chi connectivity index (χ3n) is 11.4. The standard InChI is InChI=1S/C43H38N8O20/c1-43(2)70-36-32(46-47-44)33(68-42(36)71-43)29(64-38(53)23-13-25(48(55)56)17-26(14-23)49(57)58)19-45-31-34-30(20-63-40(67-34)22-11-7-4-8-12-22)65-41(69-37(52)21-9-5-3-6-10-21)35(31)66-39(54)24-15-27(50(59)60)18-28(16-24)51(61)62/h3-18,29-36,40-42,45H,19-20H2,1-2H3/t29-,30+,31+,32-,33+,34+,35-,36+,40+,41+,42+/m0/s1. The number of azide groups is 1. The normalized spacial score (nSPS) is 26.6. The second kappa shape index (κ2) is 20.5. The number of carbonyl (C=O) groups is 3. The maximum Gasteiger partial charge on any atom is 0.340 e. The number of hydrogen-bond donors (Lipinski definition) is 1. The van der Waals surface area contributed by atoms with E-state index in [9.17, 15) is 60.4 Å². The van der Waals surface area contributed by atoms with Crippen LogP contribution in [-0.4, -0.2) is 118 Å². The van der Waals surface area contributed by atoms with Crippen LogP contribution in [0.25, 0.3) is 10.4 Å². The smallest absolute Gasteiger partial charge is 0.340 e. The summed E-state index contributed by atoms with van der Waals surface area (Å²) in [6, 6.07) is 17.3. The highest BCUT2D eigenvalue weighted by atomic mass is 16.8. The van der Waals surface area contributed by atoms with Crippen molar-refractivity contribution in [1.29, 1.82) is 0 Å². The van der Waals surface area contributed by atoms with Gasteiger partial charge in [-0.25, -0.2) is 14.4 Å². The van der Waals surface area contributed by atoms with E-state index in [1.807, 2.05) is 0 Å². The number of nitro benzene ring substituents is 4. The third kappa shape index (κ3) is 10.9. The Balaban J connectivity index is 1.22. The molecule has 4 aromatic carbocycles. The van der Waals surface area contributed by atoms with Crippen LogP contribution in [0.4, 0.5) is 22.7 Å². The number of esters is 3. The fourth-order valence-electron chi connectivity index (χ4n) is 8.31. The number of benzene rings is 4. The zero-order valence-electron chi connectivity index (χ0n) is 36.8. The maximum atomic E-state index is 14.2. The van der Waals surface area contributed by atoms with E-state index in [2.05, 4.69) is 15.3 Å². The molecule has 1 N–H and O–H groups in total. The van der Waals surface area contributed by atoms with Crippen LogP contribution >= 0.6 is 0 Å². The third-order valence-corrected chi connectivity index (χ3v) is 11.4. The molecule has 0 radical (unpaired) electrons. The number of nitro groups is 4. The number of nitrogens with one attached hydrogen (secondary N) is 1. The summed E-state index contributed by atoms with van der Waals surface area (Å²) in [6.45, 7) is 2.20. The molecule has 370 valence electrons. The first kappa shape index (κ1) is 49.3. The second-order valence-electron chi connectivity index (χ2n) is 16.5. The SMILES string of the molecule is CC1(C)O[C@H]2O[C@H]([C@H](CN[C@H]3[C@H](OC(=O)c4cc([N+](=O)[O-])cc([N+](=O)[O-])c4)[C@@H](OC(=O)c4ccccc4)O[C@@H]4CO[C@@H](c5ccccc5)O[C@@H]34)OC(=O)c3cc([N+](=O)[O-])cc([N+](=O)[O-])c3)[C@H](N=[N+]=[N-])[C@H]2O1. The summed E-state index contributed by atoms with van der Waals surface area (Å²) in [4.78, 5) is 88.4. The minimum Gasteiger partial charge on any atom is -0.455 e. The van der Waals surface area contributed by atoms with Crippen LogP contribution in [0.3, 0.4) is 0 Å². The molecule has 0 spiro atoms. The predicted octanol–water partition coefficient (Wildman–Crippen LogP) is 5.28. The van der Waals surface area contributed by atoms with Crippen LogP contribution in [0, 0.1) is 40.5 Å². The van der Waals surface area contributed by atoms with Crippen molar-refractivity contribution < 1.29 is 76.7 Å². The molecule has 28 heteroatoms. The van der Waals surface area contributed by atoms with Crippen LogP contribution in [-0.2, 0) is 42.6 Å². The number of nitrogens with zero attached hydrogens (tertiary/aromatic N) is 7. The first-order chi connectivity index (χ1) is 33.9. The quantitative estimate of drug-likeness (QED) is 0.0284. The van der Waals surface area contributed by atoms with Gasteiger partial charge in [0.15, 0.2) is 24.5 Å². The van der Waals surface area contributed by atoms with Crippen LogP contribution in [0.15, 0.2) is 102 Å². The van der Waals surface area contributed by atoms with E-state index in [4.69, 9.17) is 42.6 Å². The molecule has 28 nitrogen and oxygen atoms in total. The highest BCUT2D eigenvalue weighted by molar-refractivity contribution is 5.92. The van der Waals surface area contributed by atoms with Crippen LogP contribution in [0.5, 0.6) is 0 Å². The predicted molar refractivity (Wildman–Crippen MR) is 232 cm³/mol. The van der Waals surface area contributed by atoms with E-state index in [0.717, 1.165) is 24.3 Å². The van der Waals surface area contributed by atoms with Crippen molar-refractivity contribution in [2.45, 2.75) is 87.2 Å². The molecule has 8 rings (SSSR count). The van der Waals surface area contributed by atoms with E-state index < -0.39 is 151 Å². The molecule has 0 saturated carbocycles. The summed E-state index contributed by atoms with van der Waals surface area (Å²) in [7, 11) is 0. The fourth-order valence-corrected chi connectivity index (χ4v) is 8.31. The van der Waals surface area contributed by atoms with Gasteiger partial charge in [-0.1, -0.05) is 53.6 Å². The van der Waals surface area contributed by atoms with E-state index >= 15 is 0 Å². The Morgan fingerprint density at radius 3 is 1.85 bits per heavy atom. The molecule has 0 aliphatic carbocycles. The number of rotatable bonds is 16. The van der Waals surface area contributed by atoms with Crippen molar-refractivity contribution in [3.05, 3.63) is 170 Å². The molecule has 71 heavy (non-hydrogen) atoms. The summed E-state index contributed by atoms with van der Waals surface area (Å²) in [5.74, 6) is -5.03. The summed E-state index contributed by atoms with van der Waals surface area (Å²) in [5, 5.41) is 54.3. The first-order valence-electron chi connectivity index (χ1n) is 21.2. The van der Waals surface area contributed by atoms with Crippen molar-refractivity contribution >= 4 is 40.7 Å². The van der Waals surface area contributed by atoms with Crippen molar-refractivity contribution in [2.24, 2.45) is 5.11 Å². The molecule has 0 aromatic heterocycles. The number of carbonyl (C=O) groups excluding carboxylic acids is 3. The second-order valence-corrected chi connectivity index (χ2v) is 16.5. The van der Waals surface area contributed by atoms with Gasteiger partial charge in [0.2, 0.25) is 6.29 Å². The molecule has 4 aromatic rings. The Morgan fingerprint density at radius 2 is 1.28 bits per heavy atom. The van der Waals surface area contributed by atoms with Gasteiger partial charge in [0, 0.05) is 41.3 Å². The van der Waals surface area contributed by atoms with Gasteiger partial charge < -0.3 is 47.9 Å². The monoisotopic (exact) mass is 986 g/mol. The molecule has 4 fully saturated rings. The van der Waals surface area contributed by atoms with E-state index in [0.29, 0.717) is 17.7 Å². The summed E-state index contributed by atoms with van der Waals surface area (Å²) < 4.78 is 54.5. The summed E-state index contributed by atoms with van der Waals surface area (Å²) in [6.07, 6.45) is -12.9. The van der Waals surface area contributed by atoms with Gasteiger partial charge in [-0.3, -0.25) is 40.5 Å². The summed E-state index contributed by atoms with van der Waals surface area (Å²) >= 11 is 0. The average Bonchev–Trinajstić information content (AvgIpc) is 3.84. The fraction of sp³-hybridized carbons (Fsp3) is 0.372. The van der Waals surface area contributed by atoms with Gasteiger partial charge in [-0.05, 0) is 31.5 Å². The average molecular weight is 987 g/mol. The van der Waals surface area contributed by atoms with Crippen LogP contribution < -0.4 is 5.32 Å². The summed E-state index contributed by atoms with van der Waals surface area (Å²) in [5.41, 5.74) is 5.53. The number of hydrogen-bond acceptors (Lipinski definition) is 22. The van der Waals surface area contributed by atoms with Crippen molar-refractivity contribution in [2.75, 3.05) is 13.2 Å². The van der Waals surface area contributed by atoms with Gasteiger partial charge in [0.25, 0.3) is 22.7 Å². The Bertz CT molecular complexity index is 2730. The zero-order chi connectivity index (χ0) is 50.7. The van der Waals surface area contributed by atoms with Crippen LogP contribution in [0.2, 0.25) is 0 Å². The van der Waals surface area contributed by atoms with Gasteiger partial charge in [-0.15, -0.1) is 0 Å². The highest BCUT2D eigenvalue weighted by Gasteiger charge is 2.58. The van der Waals surface area contributed by atoms with Gasteiger partial charge in [-0.2, -0.15) is 0 Å². The van der Waals surface area contributed by atoms with Crippen molar-refractivity contribution in [1.82, 2.24) is 5.32 Å². The Kier molecular flexibility index (Phi) is 14.2. The maximum absolute atomic E-state index is 14.2. The lowest BCUT2D eigenvalue weighted by Gasteiger charge is -2.49. The number of fused-ring (bicyclic) bond motifs is 2. The van der Waals surface area contributed by atoms with Crippen LogP contribution in [0.1, 0.15) is 56.8 Å². The molecule has 0 unspecified atom stereocenters. The lowest BCUT2D eigenvalue weighted by Crippen LogP contribution is -2.68. The van der Waals surface area contributed by atoms with Crippen molar-refractivity contribution in [3.63, 3.8) is 0 Å². The minimum absolute atomic E-state index is 0.0106. The Hall–Kier alpha value is -8.08.